The van der Waals surface area contributed by atoms with Crippen LogP contribution in [0.4, 0.5) is 0 Å². The van der Waals surface area contributed by atoms with Crippen LogP contribution in [0.5, 0.6) is 0 Å². The fraction of sp³-hybridized carbons (Fsp3) is 0.857. The Hall–Kier alpha value is -1.10. The molecule has 108 valence electrons. The third kappa shape index (κ3) is 3.26. The molecule has 0 radical (unpaired) electrons. The quantitative estimate of drug-likeness (QED) is 0.757. The van der Waals surface area contributed by atoms with E-state index in [0.29, 0.717) is 12.6 Å². The van der Waals surface area contributed by atoms with Crippen LogP contribution in [0.3, 0.4) is 0 Å². The number of hydrogen-bond donors (Lipinski definition) is 1. The Kier molecular flexibility index (Phi) is 4.80. The number of nitrogens with zero attached hydrogens (tertiary/aromatic N) is 1. The molecule has 2 saturated heterocycles. The second-order valence-corrected chi connectivity index (χ2v) is 5.64. The molecule has 0 aromatic heterocycles. The molecule has 2 rings (SSSR count). The molecular weight excluding hydrogens is 244 g/mol. The molecule has 3 unspecified atom stereocenters. The predicted molar refractivity (Wildman–Crippen MR) is 71.6 cm³/mol. The molecule has 2 heterocycles. The topological polar surface area (TPSA) is 58.6 Å². The Bertz CT molecular complexity index is 346. The number of carbonyl (C=O) groups is 2. The Balaban J connectivity index is 2.04. The number of piperidine rings is 2. The summed E-state index contributed by atoms with van der Waals surface area (Å²) < 4.78 is 4.83. The van der Waals surface area contributed by atoms with E-state index in [0.717, 1.165) is 38.6 Å². The molecule has 0 aliphatic carbocycles. The van der Waals surface area contributed by atoms with Crippen molar-refractivity contribution >= 4 is 11.9 Å². The van der Waals surface area contributed by atoms with Crippen molar-refractivity contribution in [1.29, 1.82) is 0 Å². The summed E-state index contributed by atoms with van der Waals surface area (Å²) in [6, 6.07) is 0.0144. The van der Waals surface area contributed by atoms with Gasteiger partial charge < -0.3 is 15.0 Å². The smallest absolute Gasteiger partial charge is 0.328 e. The molecule has 2 aliphatic rings. The molecule has 1 amide bonds. The molecule has 5 heteroatoms. The van der Waals surface area contributed by atoms with Gasteiger partial charge in [0, 0.05) is 18.5 Å². The first-order chi connectivity index (χ1) is 9.13. The van der Waals surface area contributed by atoms with Crippen molar-refractivity contribution in [3.63, 3.8) is 0 Å². The maximum absolute atomic E-state index is 12.6. The number of methoxy groups -OCH3 is 1. The van der Waals surface area contributed by atoms with Gasteiger partial charge >= 0.3 is 5.97 Å². The van der Waals surface area contributed by atoms with Crippen molar-refractivity contribution in [2.75, 3.05) is 20.2 Å². The number of amides is 1. The minimum atomic E-state index is -0.364. The zero-order valence-electron chi connectivity index (χ0n) is 11.9. The second-order valence-electron chi connectivity index (χ2n) is 5.64. The number of likely N-dealkylation sites (tertiary alicyclic amines) is 1. The molecule has 19 heavy (non-hydrogen) atoms. The standard InChI is InChI=1S/C14H24N2O3/c1-10-9-11(6-7-15-10)13(17)16-8-4-3-5-12(16)14(18)19-2/h10-12,15H,3-9H2,1-2H3. The summed E-state index contributed by atoms with van der Waals surface area (Å²) in [5.74, 6) is -0.0695. The number of hydrogen-bond acceptors (Lipinski definition) is 4. The molecular formula is C14H24N2O3. The van der Waals surface area contributed by atoms with Gasteiger partial charge in [0.25, 0.3) is 0 Å². The van der Waals surface area contributed by atoms with Crippen molar-refractivity contribution < 1.29 is 14.3 Å². The molecule has 3 atom stereocenters. The highest BCUT2D eigenvalue weighted by Gasteiger charge is 2.37. The van der Waals surface area contributed by atoms with Crippen LogP contribution >= 0.6 is 0 Å². The van der Waals surface area contributed by atoms with E-state index < -0.39 is 0 Å². The Morgan fingerprint density at radius 3 is 2.74 bits per heavy atom. The van der Waals surface area contributed by atoms with Crippen LogP contribution in [0.1, 0.15) is 39.0 Å². The van der Waals surface area contributed by atoms with Crippen molar-refractivity contribution in [3.8, 4) is 0 Å². The van der Waals surface area contributed by atoms with Gasteiger partial charge in [-0.25, -0.2) is 4.79 Å². The summed E-state index contributed by atoms with van der Waals surface area (Å²) in [5, 5.41) is 3.35. The molecule has 2 fully saturated rings. The number of rotatable bonds is 2. The number of esters is 1. The van der Waals surface area contributed by atoms with Gasteiger partial charge in [-0.2, -0.15) is 0 Å². The predicted octanol–water partition coefficient (Wildman–Crippen LogP) is 0.929. The second kappa shape index (κ2) is 6.37. The van der Waals surface area contributed by atoms with Gasteiger partial charge in [0.1, 0.15) is 6.04 Å². The SMILES string of the molecule is COC(=O)C1CCCCN1C(=O)C1CCNC(C)C1. The van der Waals surface area contributed by atoms with E-state index in [9.17, 15) is 9.59 Å². The minimum absolute atomic E-state index is 0.0570. The van der Waals surface area contributed by atoms with Gasteiger partial charge in [0.2, 0.25) is 5.91 Å². The van der Waals surface area contributed by atoms with Crippen molar-refractivity contribution in [2.24, 2.45) is 5.92 Å². The molecule has 0 spiro atoms. The molecule has 5 nitrogen and oxygen atoms in total. The zero-order valence-corrected chi connectivity index (χ0v) is 11.9. The van der Waals surface area contributed by atoms with E-state index in [1.807, 2.05) is 0 Å². The molecule has 1 N–H and O–H groups in total. The van der Waals surface area contributed by atoms with Crippen LogP contribution in [0, 0.1) is 5.92 Å². The minimum Gasteiger partial charge on any atom is -0.467 e. The summed E-state index contributed by atoms with van der Waals surface area (Å²) in [7, 11) is 1.40. The average Bonchev–Trinajstić information content (AvgIpc) is 2.45. The van der Waals surface area contributed by atoms with Crippen LogP contribution in [0.15, 0.2) is 0 Å². The van der Waals surface area contributed by atoms with Crippen LogP contribution in [-0.4, -0.2) is 49.1 Å². The first-order valence-corrected chi connectivity index (χ1v) is 7.25. The summed E-state index contributed by atoms with van der Waals surface area (Å²) in [6.07, 6.45) is 4.45. The van der Waals surface area contributed by atoms with E-state index >= 15 is 0 Å². The van der Waals surface area contributed by atoms with Crippen LogP contribution < -0.4 is 5.32 Å². The molecule has 0 bridgehead atoms. The van der Waals surface area contributed by atoms with Gasteiger partial charge in [-0.1, -0.05) is 0 Å². The van der Waals surface area contributed by atoms with E-state index in [4.69, 9.17) is 4.74 Å². The fourth-order valence-corrected chi connectivity index (χ4v) is 3.17. The molecule has 0 saturated carbocycles. The lowest BCUT2D eigenvalue weighted by Gasteiger charge is -2.38. The van der Waals surface area contributed by atoms with Gasteiger partial charge in [0.05, 0.1) is 7.11 Å². The van der Waals surface area contributed by atoms with E-state index in [1.165, 1.54) is 7.11 Å². The summed E-state index contributed by atoms with van der Waals surface area (Å²) in [4.78, 5) is 26.2. The Morgan fingerprint density at radius 1 is 1.26 bits per heavy atom. The zero-order chi connectivity index (χ0) is 13.8. The van der Waals surface area contributed by atoms with Gasteiger partial charge in [-0.05, 0) is 45.6 Å². The number of ether oxygens (including phenoxy) is 1. The van der Waals surface area contributed by atoms with Crippen LogP contribution in [-0.2, 0) is 14.3 Å². The highest BCUT2D eigenvalue weighted by atomic mass is 16.5. The molecule has 2 aliphatic heterocycles. The summed E-state index contributed by atoms with van der Waals surface area (Å²) in [6.45, 7) is 3.68. The number of nitrogens with one attached hydrogen (secondary N) is 1. The monoisotopic (exact) mass is 268 g/mol. The van der Waals surface area contributed by atoms with Crippen LogP contribution in [0.25, 0.3) is 0 Å². The average molecular weight is 268 g/mol. The normalized spacial score (nSPS) is 31.9. The van der Waals surface area contributed by atoms with Crippen LogP contribution in [0.2, 0.25) is 0 Å². The fourth-order valence-electron chi connectivity index (χ4n) is 3.17. The lowest BCUT2D eigenvalue weighted by Crippen LogP contribution is -2.52. The van der Waals surface area contributed by atoms with Crippen molar-refractivity contribution in [2.45, 2.75) is 51.1 Å². The highest BCUT2D eigenvalue weighted by molar-refractivity contribution is 5.86. The summed E-state index contributed by atoms with van der Waals surface area (Å²) in [5.41, 5.74) is 0. The van der Waals surface area contributed by atoms with Gasteiger partial charge in [-0.3, -0.25) is 4.79 Å². The van der Waals surface area contributed by atoms with Gasteiger partial charge in [0.15, 0.2) is 0 Å². The maximum atomic E-state index is 12.6. The highest BCUT2D eigenvalue weighted by Crippen LogP contribution is 2.25. The third-order valence-electron chi connectivity index (χ3n) is 4.23. The van der Waals surface area contributed by atoms with Gasteiger partial charge in [-0.15, -0.1) is 0 Å². The van der Waals surface area contributed by atoms with E-state index in [2.05, 4.69) is 12.2 Å². The Morgan fingerprint density at radius 2 is 2.05 bits per heavy atom. The maximum Gasteiger partial charge on any atom is 0.328 e. The lowest BCUT2D eigenvalue weighted by molar-refractivity contribution is -0.156. The molecule has 0 aromatic carbocycles. The van der Waals surface area contributed by atoms with E-state index in [1.54, 1.807) is 4.90 Å². The first kappa shape index (κ1) is 14.3. The first-order valence-electron chi connectivity index (χ1n) is 7.25. The Labute approximate surface area is 114 Å². The largest absolute Gasteiger partial charge is 0.467 e. The molecule has 0 aromatic rings. The third-order valence-corrected chi connectivity index (χ3v) is 4.23. The van der Waals surface area contributed by atoms with Crippen molar-refractivity contribution in [1.82, 2.24) is 10.2 Å². The van der Waals surface area contributed by atoms with E-state index in [-0.39, 0.29) is 23.8 Å². The summed E-state index contributed by atoms with van der Waals surface area (Å²) >= 11 is 0. The van der Waals surface area contributed by atoms with Crippen molar-refractivity contribution in [3.05, 3.63) is 0 Å². The lowest BCUT2D eigenvalue weighted by atomic mass is 9.90. The number of carbonyl (C=O) groups excluding carboxylic acids is 2.